The number of nitrogens with zero attached hydrogens (tertiary/aromatic N) is 3. The Morgan fingerprint density at radius 3 is 2.00 bits per heavy atom. The van der Waals surface area contributed by atoms with Crippen molar-refractivity contribution in [3.05, 3.63) is 46.8 Å². The van der Waals surface area contributed by atoms with Crippen molar-refractivity contribution in [2.24, 2.45) is 0 Å². The first-order chi connectivity index (χ1) is 8.88. The Balaban J connectivity index is 2.35. The maximum absolute atomic E-state index is 11.2. The SMILES string of the molecule is CS(=O)(=O)c1ncc(-c2ccc([N+](=O)[O-])cc2)cn1. The molecule has 0 spiro atoms. The van der Waals surface area contributed by atoms with E-state index in [0.717, 1.165) is 6.26 Å². The molecule has 0 radical (unpaired) electrons. The molecule has 0 N–H and O–H groups in total. The Bertz CT molecular complexity index is 709. The number of non-ortho nitro benzene ring substituents is 1. The summed E-state index contributed by atoms with van der Waals surface area (Å²) in [6.07, 6.45) is 3.75. The molecule has 0 aliphatic rings. The van der Waals surface area contributed by atoms with Crippen LogP contribution in [0, 0.1) is 10.1 Å². The minimum atomic E-state index is -3.43. The summed E-state index contributed by atoms with van der Waals surface area (Å²) in [5.74, 6) is 0. The highest BCUT2D eigenvalue weighted by molar-refractivity contribution is 7.90. The van der Waals surface area contributed by atoms with Crippen LogP contribution in [0.1, 0.15) is 0 Å². The molecular weight excluding hydrogens is 270 g/mol. The molecule has 2 aromatic rings. The lowest BCUT2D eigenvalue weighted by atomic mass is 10.1. The van der Waals surface area contributed by atoms with Crippen molar-refractivity contribution in [2.45, 2.75) is 5.16 Å². The van der Waals surface area contributed by atoms with Gasteiger partial charge in [0.2, 0.25) is 15.0 Å². The zero-order valence-electron chi connectivity index (χ0n) is 9.85. The summed E-state index contributed by atoms with van der Waals surface area (Å²) in [6, 6.07) is 5.83. The van der Waals surface area contributed by atoms with E-state index in [1.54, 1.807) is 12.1 Å². The van der Waals surface area contributed by atoms with Gasteiger partial charge in [-0.2, -0.15) is 0 Å². The molecule has 0 unspecified atom stereocenters. The second kappa shape index (κ2) is 4.73. The average molecular weight is 279 g/mol. The summed E-state index contributed by atoms with van der Waals surface area (Å²) >= 11 is 0. The number of hydrogen-bond acceptors (Lipinski definition) is 6. The van der Waals surface area contributed by atoms with Crippen LogP contribution in [-0.2, 0) is 9.84 Å². The first-order valence-corrected chi connectivity index (χ1v) is 7.04. The monoisotopic (exact) mass is 279 g/mol. The molecule has 0 saturated carbocycles. The number of nitro groups is 1. The van der Waals surface area contributed by atoms with Crippen LogP contribution < -0.4 is 0 Å². The Morgan fingerprint density at radius 2 is 1.58 bits per heavy atom. The fourth-order valence-corrected chi connectivity index (χ4v) is 1.92. The summed E-state index contributed by atoms with van der Waals surface area (Å²) in [7, 11) is -3.43. The van der Waals surface area contributed by atoms with Gasteiger partial charge in [0.1, 0.15) is 0 Å². The van der Waals surface area contributed by atoms with Crippen LogP contribution in [-0.4, -0.2) is 29.6 Å². The number of hydrogen-bond donors (Lipinski definition) is 0. The Kier molecular flexibility index (Phi) is 3.26. The van der Waals surface area contributed by atoms with E-state index < -0.39 is 14.8 Å². The highest BCUT2D eigenvalue weighted by Gasteiger charge is 2.11. The zero-order valence-corrected chi connectivity index (χ0v) is 10.7. The van der Waals surface area contributed by atoms with Gasteiger partial charge >= 0.3 is 0 Å². The molecule has 0 aliphatic heterocycles. The van der Waals surface area contributed by atoms with E-state index in [1.807, 2.05) is 0 Å². The molecular formula is C11H9N3O4S. The van der Waals surface area contributed by atoms with Gasteiger partial charge in [-0.15, -0.1) is 0 Å². The molecule has 98 valence electrons. The fraction of sp³-hybridized carbons (Fsp3) is 0.0909. The third kappa shape index (κ3) is 2.91. The topological polar surface area (TPSA) is 103 Å². The van der Waals surface area contributed by atoms with Crippen molar-refractivity contribution in [2.75, 3.05) is 6.26 Å². The second-order valence-corrected chi connectivity index (χ2v) is 5.74. The van der Waals surface area contributed by atoms with Gasteiger partial charge in [0.15, 0.2) is 0 Å². The van der Waals surface area contributed by atoms with E-state index in [1.165, 1.54) is 24.5 Å². The number of benzene rings is 1. The molecule has 0 atom stereocenters. The van der Waals surface area contributed by atoms with Gasteiger partial charge in [-0.25, -0.2) is 18.4 Å². The zero-order chi connectivity index (χ0) is 14.0. The third-order valence-electron chi connectivity index (χ3n) is 2.37. The summed E-state index contributed by atoms with van der Waals surface area (Å²) in [4.78, 5) is 17.5. The lowest BCUT2D eigenvalue weighted by Crippen LogP contribution is -2.03. The van der Waals surface area contributed by atoms with Gasteiger partial charge in [0.25, 0.3) is 5.69 Å². The van der Waals surface area contributed by atoms with Crippen molar-refractivity contribution < 1.29 is 13.3 Å². The van der Waals surface area contributed by atoms with Crippen LogP contribution in [0.4, 0.5) is 5.69 Å². The number of sulfone groups is 1. The second-order valence-electron chi connectivity index (χ2n) is 3.83. The molecule has 0 bridgehead atoms. The minimum Gasteiger partial charge on any atom is -0.258 e. The van der Waals surface area contributed by atoms with E-state index in [0.29, 0.717) is 11.1 Å². The number of rotatable bonds is 3. The normalized spacial score (nSPS) is 11.2. The third-order valence-corrected chi connectivity index (χ3v) is 3.25. The summed E-state index contributed by atoms with van der Waals surface area (Å²) < 4.78 is 22.4. The van der Waals surface area contributed by atoms with Crippen molar-refractivity contribution >= 4 is 15.5 Å². The molecule has 0 amide bonds. The van der Waals surface area contributed by atoms with Crippen LogP contribution in [0.3, 0.4) is 0 Å². The quantitative estimate of drug-likeness (QED) is 0.478. The summed E-state index contributed by atoms with van der Waals surface area (Å²) in [5.41, 5.74) is 1.24. The number of nitro benzene ring substituents is 1. The lowest BCUT2D eigenvalue weighted by molar-refractivity contribution is -0.384. The van der Waals surface area contributed by atoms with Gasteiger partial charge in [-0.05, 0) is 17.7 Å². The van der Waals surface area contributed by atoms with Crippen LogP contribution in [0.2, 0.25) is 0 Å². The fourth-order valence-electron chi connectivity index (χ4n) is 1.43. The largest absolute Gasteiger partial charge is 0.269 e. The molecule has 19 heavy (non-hydrogen) atoms. The van der Waals surface area contributed by atoms with E-state index in [9.17, 15) is 18.5 Å². The van der Waals surface area contributed by atoms with E-state index in [-0.39, 0.29) is 10.8 Å². The summed E-state index contributed by atoms with van der Waals surface area (Å²) in [6.45, 7) is 0. The lowest BCUT2D eigenvalue weighted by Gasteiger charge is -2.01. The van der Waals surface area contributed by atoms with Crippen LogP contribution in [0.15, 0.2) is 41.8 Å². The van der Waals surface area contributed by atoms with Crippen molar-refractivity contribution in [3.8, 4) is 11.1 Å². The molecule has 1 aromatic heterocycles. The van der Waals surface area contributed by atoms with Gasteiger partial charge < -0.3 is 0 Å². The molecule has 0 aliphatic carbocycles. The predicted octanol–water partition coefficient (Wildman–Crippen LogP) is 1.46. The van der Waals surface area contributed by atoms with Gasteiger partial charge in [0.05, 0.1) is 4.92 Å². The first-order valence-electron chi connectivity index (χ1n) is 5.15. The summed E-state index contributed by atoms with van der Waals surface area (Å²) in [5, 5.41) is 10.3. The van der Waals surface area contributed by atoms with Crippen LogP contribution in [0.25, 0.3) is 11.1 Å². The highest BCUT2D eigenvalue weighted by atomic mass is 32.2. The van der Waals surface area contributed by atoms with Crippen LogP contribution in [0.5, 0.6) is 0 Å². The maximum Gasteiger partial charge on any atom is 0.269 e. The van der Waals surface area contributed by atoms with Crippen LogP contribution >= 0.6 is 0 Å². The number of aromatic nitrogens is 2. The van der Waals surface area contributed by atoms with Crippen molar-refractivity contribution in [1.29, 1.82) is 0 Å². The van der Waals surface area contributed by atoms with Gasteiger partial charge in [-0.1, -0.05) is 0 Å². The molecule has 7 nitrogen and oxygen atoms in total. The molecule has 0 saturated heterocycles. The average Bonchev–Trinajstić information content (AvgIpc) is 2.38. The van der Waals surface area contributed by atoms with E-state index >= 15 is 0 Å². The Morgan fingerprint density at radius 1 is 1.05 bits per heavy atom. The Hall–Kier alpha value is -2.35. The van der Waals surface area contributed by atoms with E-state index in [4.69, 9.17) is 0 Å². The molecule has 8 heteroatoms. The standard InChI is InChI=1S/C11H9N3O4S/c1-19(17,18)11-12-6-9(7-13-11)8-2-4-10(5-3-8)14(15)16/h2-7H,1H3. The van der Waals surface area contributed by atoms with Crippen molar-refractivity contribution in [3.63, 3.8) is 0 Å². The molecule has 1 heterocycles. The minimum absolute atomic E-state index is 0.0163. The predicted molar refractivity (Wildman–Crippen MR) is 67.2 cm³/mol. The van der Waals surface area contributed by atoms with Crippen molar-refractivity contribution in [1.82, 2.24) is 9.97 Å². The maximum atomic E-state index is 11.2. The smallest absolute Gasteiger partial charge is 0.258 e. The van der Waals surface area contributed by atoms with E-state index in [2.05, 4.69) is 9.97 Å². The molecule has 2 rings (SSSR count). The highest BCUT2D eigenvalue weighted by Crippen LogP contribution is 2.21. The van der Waals surface area contributed by atoms with Gasteiger partial charge in [0, 0.05) is 36.3 Å². The first kappa shape index (κ1) is 13.1. The Labute approximate surface area is 109 Å². The molecule has 0 fully saturated rings. The molecule has 1 aromatic carbocycles. The van der Waals surface area contributed by atoms with Gasteiger partial charge in [-0.3, -0.25) is 10.1 Å².